The van der Waals surface area contributed by atoms with Crippen LogP contribution < -0.4 is 0 Å². The van der Waals surface area contributed by atoms with Crippen molar-refractivity contribution in [1.29, 1.82) is 0 Å². The third-order valence-electron chi connectivity index (χ3n) is 5.08. The van der Waals surface area contributed by atoms with E-state index in [4.69, 9.17) is 0 Å². The maximum absolute atomic E-state index is 12.7. The van der Waals surface area contributed by atoms with Gasteiger partial charge in [-0.15, -0.1) is 0 Å². The van der Waals surface area contributed by atoms with E-state index >= 15 is 0 Å². The van der Waals surface area contributed by atoms with Gasteiger partial charge < -0.3 is 9.59 Å². The number of nitrogens with zero attached hydrogens (tertiary/aromatic N) is 1. The van der Waals surface area contributed by atoms with Crippen LogP contribution in [0.4, 0.5) is 0 Å². The van der Waals surface area contributed by atoms with E-state index in [1.165, 1.54) is 6.42 Å². The van der Waals surface area contributed by atoms with E-state index in [2.05, 4.69) is 0 Å². The highest BCUT2D eigenvalue weighted by molar-refractivity contribution is 5.96. The number of aliphatic hydroxyl groups is 1. The molecule has 0 aromatic heterocycles. The third-order valence-corrected chi connectivity index (χ3v) is 5.08. The number of aliphatic hydroxyl groups excluding tert-OH is 1. The molecule has 24 heavy (non-hydrogen) atoms. The second-order valence-corrected chi connectivity index (χ2v) is 6.91. The van der Waals surface area contributed by atoms with Gasteiger partial charge in [0.25, 0.3) is 0 Å². The summed E-state index contributed by atoms with van der Waals surface area (Å²) in [6.45, 7) is 3.04. The van der Waals surface area contributed by atoms with Crippen molar-refractivity contribution in [3.8, 4) is 0 Å². The first kappa shape index (κ1) is 16.9. The minimum atomic E-state index is -0.520. The topological polar surface area (TPSA) is 37.3 Å². The number of quaternary nitrogens is 1. The van der Waals surface area contributed by atoms with Crippen LogP contribution in [0.5, 0.6) is 0 Å². The summed E-state index contributed by atoms with van der Waals surface area (Å²) in [5, 5.41) is 10.7. The quantitative estimate of drug-likeness (QED) is 0.651. The monoisotopic (exact) mass is 324 g/mol. The van der Waals surface area contributed by atoms with Crippen molar-refractivity contribution in [3.05, 3.63) is 71.8 Å². The van der Waals surface area contributed by atoms with E-state index in [1.807, 2.05) is 60.7 Å². The zero-order chi connectivity index (χ0) is 16.8. The largest absolute Gasteiger partial charge is 0.382 e. The van der Waals surface area contributed by atoms with Crippen LogP contribution in [0.25, 0.3) is 0 Å². The summed E-state index contributed by atoms with van der Waals surface area (Å²) < 4.78 is 0.698. The van der Waals surface area contributed by atoms with Gasteiger partial charge in [-0.25, -0.2) is 0 Å². The Balaban J connectivity index is 1.76. The van der Waals surface area contributed by atoms with E-state index in [1.54, 1.807) is 0 Å². The zero-order valence-corrected chi connectivity index (χ0v) is 14.1. The molecule has 126 valence electrons. The van der Waals surface area contributed by atoms with Gasteiger partial charge in [-0.1, -0.05) is 60.7 Å². The normalized spacial score (nSPS) is 18.0. The van der Waals surface area contributed by atoms with E-state index in [9.17, 15) is 9.90 Å². The van der Waals surface area contributed by atoms with Crippen LogP contribution in [0.1, 0.15) is 41.3 Å². The average Bonchev–Trinajstić information content (AvgIpc) is 2.64. The molecule has 1 saturated heterocycles. The van der Waals surface area contributed by atoms with Crippen LogP contribution in [-0.4, -0.2) is 41.6 Å². The van der Waals surface area contributed by atoms with Gasteiger partial charge in [-0.3, -0.25) is 4.79 Å². The fourth-order valence-electron chi connectivity index (χ4n) is 3.76. The number of likely N-dealkylation sites (tertiary alicyclic amines) is 1. The summed E-state index contributed by atoms with van der Waals surface area (Å²) in [6, 6.07) is 19.3. The molecule has 1 fully saturated rings. The van der Waals surface area contributed by atoms with Crippen molar-refractivity contribution in [1.82, 2.24) is 0 Å². The summed E-state index contributed by atoms with van der Waals surface area (Å²) >= 11 is 0. The van der Waals surface area contributed by atoms with Crippen LogP contribution >= 0.6 is 0 Å². The highest BCUT2D eigenvalue weighted by Crippen LogP contribution is 2.25. The SMILES string of the molecule is O=C(C[N+]1(C[C@H](O)c2ccccc2)CCCCC1)c1ccccc1. The van der Waals surface area contributed by atoms with Gasteiger partial charge >= 0.3 is 0 Å². The number of piperidine rings is 1. The van der Waals surface area contributed by atoms with Gasteiger partial charge in [0.2, 0.25) is 5.78 Å². The van der Waals surface area contributed by atoms with Gasteiger partial charge in [-0.2, -0.15) is 0 Å². The number of Topliss-reactive ketones (excluding diaryl/α,β-unsaturated/α-hetero) is 1. The molecular formula is C21H26NO2+. The predicted octanol–water partition coefficient (Wildman–Crippen LogP) is 3.60. The molecule has 0 spiro atoms. The number of hydrogen-bond acceptors (Lipinski definition) is 2. The number of rotatable bonds is 6. The van der Waals surface area contributed by atoms with Crippen LogP contribution in [0.2, 0.25) is 0 Å². The van der Waals surface area contributed by atoms with Gasteiger partial charge in [0, 0.05) is 5.56 Å². The Morgan fingerprint density at radius 1 is 0.917 bits per heavy atom. The van der Waals surface area contributed by atoms with E-state index < -0.39 is 6.10 Å². The maximum Gasteiger partial charge on any atom is 0.216 e. The summed E-state index contributed by atoms with van der Waals surface area (Å²) in [6.07, 6.45) is 2.96. The Hall–Kier alpha value is -1.97. The maximum atomic E-state index is 12.7. The predicted molar refractivity (Wildman–Crippen MR) is 95.8 cm³/mol. The van der Waals surface area contributed by atoms with Crippen molar-refractivity contribution in [2.45, 2.75) is 25.4 Å². The second kappa shape index (κ2) is 7.73. The van der Waals surface area contributed by atoms with Crippen molar-refractivity contribution < 1.29 is 14.4 Å². The molecule has 3 rings (SSSR count). The van der Waals surface area contributed by atoms with Crippen LogP contribution in [0.3, 0.4) is 0 Å². The molecule has 0 aliphatic carbocycles. The fraction of sp³-hybridized carbons (Fsp3) is 0.381. The van der Waals surface area contributed by atoms with Crippen molar-refractivity contribution in [3.63, 3.8) is 0 Å². The van der Waals surface area contributed by atoms with E-state index in [-0.39, 0.29) is 5.78 Å². The molecule has 1 atom stereocenters. The summed E-state index contributed by atoms with van der Waals surface area (Å²) in [4.78, 5) is 12.7. The second-order valence-electron chi connectivity index (χ2n) is 6.91. The molecule has 0 bridgehead atoms. The highest BCUT2D eigenvalue weighted by atomic mass is 16.3. The lowest BCUT2D eigenvalue weighted by atomic mass is 10.0. The summed E-state index contributed by atoms with van der Waals surface area (Å²) in [5.74, 6) is 0.178. The smallest absolute Gasteiger partial charge is 0.216 e. The van der Waals surface area contributed by atoms with Gasteiger partial charge in [0.15, 0.2) is 0 Å². The molecule has 0 saturated carbocycles. The molecule has 3 nitrogen and oxygen atoms in total. The lowest BCUT2D eigenvalue weighted by Gasteiger charge is -2.42. The summed E-state index contributed by atoms with van der Waals surface area (Å²) in [5.41, 5.74) is 1.71. The van der Waals surface area contributed by atoms with Crippen molar-refractivity contribution in [2.75, 3.05) is 26.2 Å². The first-order valence-electron chi connectivity index (χ1n) is 8.85. The molecule has 3 heteroatoms. The molecule has 2 aromatic rings. The fourth-order valence-corrected chi connectivity index (χ4v) is 3.76. The van der Waals surface area contributed by atoms with Gasteiger partial charge in [-0.05, 0) is 24.8 Å². The van der Waals surface area contributed by atoms with Crippen molar-refractivity contribution in [2.24, 2.45) is 0 Å². The lowest BCUT2D eigenvalue weighted by molar-refractivity contribution is -0.928. The molecule has 1 N–H and O–H groups in total. The van der Waals surface area contributed by atoms with Gasteiger partial charge in [0.1, 0.15) is 19.2 Å². The molecule has 1 heterocycles. The first-order valence-corrected chi connectivity index (χ1v) is 8.85. The first-order chi connectivity index (χ1) is 11.7. The number of carbonyl (C=O) groups is 1. The number of benzene rings is 2. The molecular weight excluding hydrogens is 298 g/mol. The number of carbonyl (C=O) groups excluding carboxylic acids is 1. The molecule has 0 radical (unpaired) electrons. The van der Waals surface area contributed by atoms with Gasteiger partial charge in [0.05, 0.1) is 13.1 Å². The van der Waals surface area contributed by atoms with Crippen LogP contribution in [0, 0.1) is 0 Å². The lowest BCUT2D eigenvalue weighted by Crippen LogP contribution is -2.56. The number of hydrogen-bond donors (Lipinski definition) is 1. The van der Waals surface area contributed by atoms with E-state index in [0.29, 0.717) is 17.6 Å². The highest BCUT2D eigenvalue weighted by Gasteiger charge is 2.35. The summed E-state index contributed by atoms with van der Waals surface area (Å²) in [7, 11) is 0. The minimum Gasteiger partial charge on any atom is -0.382 e. The Bertz CT molecular complexity index is 648. The molecule has 0 unspecified atom stereocenters. The molecule has 1 aliphatic heterocycles. The standard InChI is InChI=1S/C21H26NO2/c23-20(18-10-4-1-5-11-18)16-22(14-8-3-9-15-22)17-21(24)19-12-6-2-7-13-19/h1-2,4-7,10-13,20,23H,3,8-9,14-17H2/q+1/t20-/m0/s1. The molecule has 0 amide bonds. The Labute approximate surface area is 144 Å². The minimum absolute atomic E-state index is 0.178. The zero-order valence-electron chi connectivity index (χ0n) is 14.1. The van der Waals surface area contributed by atoms with Crippen molar-refractivity contribution >= 4 is 5.78 Å². The average molecular weight is 324 g/mol. The van der Waals surface area contributed by atoms with Crippen LogP contribution in [-0.2, 0) is 0 Å². The Morgan fingerprint density at radius 3 is 2.12 bits per heavy atom. The Morgan fingerprint density at radius 2 is 1.50 bits per heavy atom. The molecule has 2 aromatic carbocycles. The molecule has 1 aliphatic rings. The number of ketones is 1. The van der Waals surface area contributed by atoms with E-state index in [0.717, 1.165) is 37.1 Å². The Kier molecular flexibility index (Phi) is 5.44. The van der Waals surface area contributed by atoms with Crippen LogP contribution in [0.15, 0.2) is 60.7 Å². The third kappa shape index (κ3) is 4.11.